The second kappa shape index (κ2) is 9.56. The third-order valence-electron chi connectivity index (χ3n) is 6.12. The Morgan fingerprint density at radius 2 is 2.06 bits per heavy atom. The van der Waals surface area contributed by atoms with Crippen LogP contribution in [0, 0.1) is 6.92 Å². The molecule has 3 heterocycles. The Bertz CT molecular complexity index is 1360. The number of carbonyl (C=O) groups is 1. The van der Waals surface area contributed by atoms with Crippen molar-refractivity contribution < 1.29 is 9.53 Å². The normalized spacial score (nSPS) is 15.6. The summed E-state index contributed by atoms with van der Waals surface area (Å²) in [5.41, 5.74) is 4.67. The molecule has 0 unspecified atom stereocenters. The third-order valence-corrected chi connectivity index (χ3v) is 7.01. The first-order valence-electron chi connectivity index (χ1n) is 11.3. The number of benzene rings is 2. The zero-order valence-electron chi connectivity index (χ0n) is 19.1. The van der Waals surface area contributed by atoms with Gasteiger partial charge in [0.15, 0.2) is 0 Å². The summed E-state index contributed by atoms with van der Waals surface area (Å²) in [6, 6.07) is 15.8. The standard InChI is InChI=1S/C26H26BrN5O2/c1-16-11-17(3-5-21(16)27)12-25-31-22-13-19(4-6-24(22)32(25)2)34-20-8-10-29-23(14-20)26(33)30-18-7-9-28-15-18/h3-6,8,10-11,13-14,18,28H,7,9,12,15H2,1-2H3,(H,30,33)/t18-/m1/s1. The molecule has 1 aliphatic heterocycles. The van der Waals surface area contributed by atoms with Gasteiger partial charge in [0.25, 0.3) is 5.91 Å². The van der Waals surface area contributed by atoms with E-state index in [-0.39, 0.29) is 11.9 Å². The van der Waals surface area contributed by atoms with Crippen molar-refractivity contribution in [3.63, 3.8) is 0 Å². The molecule has 5 rings (SSSR count). The molecule has 4 aromatic rings. The van der Waals surface area contributed by atoms with Gasteiger partial charge in [-0.05, 0) is 55.3 Å². The van der Waals surface area contributed by atoms with Crippen molar-refractivity contribution in [2.45, 2.75) is 25.8 Å². The highest BCUT2D eigenvalue weighted by Crippen LogP contribution is 2.27. The van der Waals surface area contributed by atoms with E-state index < -0.39 is 0 Å². The molecule has 0 radical (unpaired) electrons. The number of aromatic nitrogens is 3. The fourth-order valence-electron chi connectivity index (χ4n) is 4.22. The Morgan fingerprint density at radius 3 is 2.85 bits per heavy atom. The van der Waals surface area contributed by atoms with Crippen molar-refractivity contribution in [3.05, 3.63) is 81.8 Å². The number of fused-ring (bicyclic) bond motifs is 1. The van der Waals surface area contributed by atoms with Crippen molar-refractivity contribution in [2.75, 3.05) is 13.1 Å². The molecule has 7 nitrogen and oxygen atoms in total. The summed E-state index contributed by atoms with van der Waals surface area (Å²) in [6.07, 6.45) is 3.26. The zero-order valence-corrected chi connectivity index (χ0v) is 20.7. The average molecular weight is 520 g/mol. The predicted molar refractivity (Wildman–Crippen MR) is 135 cm³/mol. The van der Waals surface area contributed by atoms with Gasteiger partial charge in [-0.1, -0.05) is 28.1 Å². The Balaban J connectivity index is 1.33. The molecule has 1 amide bonds. The van der Waals surface area contributed by atoms with Crippen LogP contribution in [0.5, 0.6) is 11.5 Å². The molecule has 174 valence electrons. The molecule has 0 bridgehead atoms. The van der Waals surface area contributed by atoms with Crippen LogP contribution in [0.15, 0.2) is 59.2 Å². The van der Waals surface area contributed by atoms with Crippen molar-refractivity contribution in [2.24, 2.45) is 7.05 Å². The van der Waals surface area contributed by atoms with E-state index in [1.165, 1.54) is 11.1 Å². The lowest BCUT2D eigenvalue weighted by molar-refractivity contribution is 0.0934. The predicted octanol–water partition coefficient (Wildman–Crippen LogP) is 4.51. The van der Waals surface area contributed by atoms with Crippen LogP contribution < -0.4 is 15.4 Å². The highest BCUT2D eigenvalue weighted by atomic mass is 79.9. The van der Waals surface area contributed by atoms with Crippen LogP contribution in [-0.4, -0.2) is 39.6 Å². The summed E-state index contributed by atoms with van der Waals surface area (Å²) in [7, 11) is 2.03. The number of halogens is 1. The monoisotopic (exact) mass is 519 g/mol. The van der Waals surface area contributed by atoms with Crippen molar-refractivity contribution in [1.29, 1.82) is 0 Å². The highest BCUT2D eigenvalue weighted by Gasteiger charge is 2.19. The molecular formula is C26H26BrN5O2. The minimum absolute atomic E-state index is 0.140. The van der Waals surface area contributed by atoms with Gasteiger partial charge >= 0.3 is 0 Å². The second-order valence-electron chi connectivity index (χ2n) is 8.64. The summed E-state index contributed by atoms with van der Waals surface area (Å²) in [4.78, 5) is 21.6. The molecule has 1 saturated heterocycles. The zero-order chi connectivity index (χ0) is 23.7. The van der Waals surface area contributed by atoms with Gasteiger partial charge in [0.2, 0.25) is 0 Å². The molecule has 8 heteroatoms. The fourth-order valence-corrected chi connectivity index (χ4v) is 4.47. The second-order valence-corrected chi connectivity index (χ2v) is 9.49. The van der Waals surface area contributed by atoms with Crippen LogP contribution in [0.3, 0.4) is 0 Å². The van der Waals surface area contributed by atoms with Gasteiger partial charge in [-0.2, -0.15) is 0 Å². The summed E-state index contributed by atoms with van der Waals surface area (Å²) < 4.78 is 9.28. The van der Waals surface area contributed by atoms with Gasteiger partial charge in [0.1, 0.15) is 23.0 Å². The molecule has 1 atom stereocenters. The maximum absolute atomic E-state index is 12.5. The van der Waals surface area contributed by atoms with E-state index in [9.17, 15) is 4.79 Å². The number of pyridine rings is 1. The van der Waals surface area contributed by atoms with Gasteiger partial charge in [-0.3, -0.25) is 9.78 Å². The van der Waals surface area contributed by atoms with E-state index in [0.29, 0.717) is 17.2 Å². The smallest absolute Gasteiger partial charge is 0.270 e. The Labute approximate surface area is 206 Å². The number of amides is 1. The van der Waals surface area contributed by atoms with Crippen LogP contribution in [0.1, 0.15) is 33.9 Å². The van der Waals surface area contributed by atoms with E-state index in [1.807, 2.05) is 25.2 Å². The third kappa shape index (κ3) is 4.83. The molecule has 2 N–H and O–H groups in total. The van der Waals surface area contributed by atoms with Crippen molar-refractivity contribution in [1.82, 2.24) is 25.2 Å². The number of nitrogens with one attached hydrogen (secondary N) is 2. The molecule has 34 heavy (non-hydrogen) atoms. The first-order chi connectivity index (χ1) is 16.5. The molecule has 0 aliphatic carbocycles. The Kier molecular flexibility index (Phi) is 6.34. The number of hydrogen-bond acceptors (Lipinski definition) is 5. The van der Waals surface area contributed by atoms with Gasteiger partial charge < -0.3 is 19.9 Å². The molecule has 1 fully saturated rings. The lowest BCUT2D eigenvalue weighted by Crippen LogP contribution is -2.36. The van der Waals surface area contributed by atoms with E-state index in [1.54, 1.807) is 18.3 Å². The molecule has 2 aromatic carbocycles. The van der Waals surface area contributed by atoms with Gasteiger partial charge in [0.05, 0.1) is 11.0 Å². The molecular weight excluding hydrogens is 494 g/mol. The Morgan fingerprint density at radius 1 is 1.21 bits per heavy atom. The lowest BCUT2D eigenvalue weighted by Gasteiger charge is -2.11. The largest absolute Gasteiger partial charge is 0.457 e. The minimum Gasteiger partial charge on any atom is -0.457 e. The first-order valence-corrected chi connectivity index (χ1v) is 12.1. The first kappa shape index (κ1) is 22.6. The topological polar surface area (TPSA) is 81.1 Å². The average Bonchev–Trinajstić information content (AvgIpc) is 3.44. The number of ether oxygens (including phenoxy) is 1. The highest BCUT2D eigenvalue weighted by molar-refractivity contribution is 9.10. The van der Waals surface area contributed by atoms with E-state index in [0.717, 1.165) is 47.3 Å². The van der Waals surface area contributed by atoms with Gasteiger partial charge in [0, 0.05) is 48.9 Å². The van der Waals surface area contributed by atoms with Crippen LogP contribution >= 0.6 is 15.9 Å². The summed E-state index contributed by atoms with van der Waals surface area (Å²) >= 11 is 3.56. The van der Waals surface area contributed by atoms with E-state index >= 15 is 0 Å². The Hall–Kier alpha value is -3.23. The molecule has 2 aromatic heterocycles. The SMILES string of the molecule is Cc1cc(Cc2nc3cc(Oc4ccnc(C(=O)N[C@@H]5CCNC5)c4)ccc3n2C)ccc1Br. The number of aryl methyl sites for hydroxylation is 2. The number of rotatable bonds is 6. The number of hydrogen-bond donors (Lipinski definition) is 2. The minimum atomic E-state index is -0.188. The number of imidazole rings is 1. The van der Waals surface area contributed by atoms with E-state index in [2.05, 4.69) is 61.2 Å². The maximum Gasteiger partial charge on any atom is 0.270 e. The van der Waals surface area contributed by atoms with Crippen LogP contribution in [0.4, 0.5) is 0 Å². The molecule has 0 spiro atoms. The maximum atomic E-state index is 12.5. The molecule has 1 aliphatic rings. The van der Waals surface area contributed by atoms with Gasteiger partial charge in [-0.25, -0.2) is 4.98 Å². The van der Waals surface area contributed by atoms with Crippen LogP contribution in [0.25, 0.3) is 11.0 Å². The molecule has 0 saturated carbocycles. The summed E-state index contributed by atoms with van der Waals surface area (Å²) in [5.74, 6) is 2.02. The summed E-state index contributed by atoms with van der Waals surface area (Å²) in [5, 5.41) is 6.25. The lowest BCUT2D eigenvalue weighted by atomic mass is 10.1. The van der Waals surface area contributed by atoms with Crippen LogP contribution in [0.2, 0.25) is 0 Å². The summed E-state index contributed by atoms with van der Waals surface area (Å²) in [6.45, 7) is 3.80. The number of nitrogens with zero attached hydrogens (tertiary/aromatic N) is 3. The van der Waals surface area contributed by atoms with E-state index in [4.69, 9.17) is 9.72 Å². The van der Waals surface area contributed by atoms with Gasteiger partial charge in [-0.15, -0.1) is 0 Å². The van der Waals surface area contributed by atoms with Crippen molar-refractivity contribution >= 4 is 32.9 Å². The number of carbonyl (C=O) groups excluding carboxylic acids is 1. The fraction of sp³-hybridized carbons (Fsp3) is 0.269. The van der Waals surface area contributed by atoms with Crippen LogP contribution in [-0.2, 0) is 13.5 Å². The van der Waals surface area contributed by atoms with Crippen molar-refractivity contribution in [3.8, 4) is 11.5 Å². The quantitative estimate of drug-likeness (QED) is 0.391.